The fourth-order valence-electron chi connectivity index (χ4n) is 8.57. The van der Waals surface area contributed by atoms with Gasteiger partial charge in [-0.3, -0.25) is 9.97 Å². The van der Waals surface area contributed by atoms with Gasteiger partial charge in [-0.15, -0.1) is 18.2 Å². The Balaban J connectivity index is 0.000000201. The first-order chi connectivity index (χ1) is 31.7. The van der Waals surface area contributed by atoms with Gasteiger partial charge in [-0.2, -0.15) is 0 Å². The largest absolute Gasteiger partial charge is 0.486 e. The molecular formula is C59H57GeIrN5O-2. The van der Waals surface area contributed by atoms with Gasteiger partial charge in [0.25, 0.3) is 0 Å². The van der Waals surface area contributed by atoms with E-state index in [4.69, 9.17) is 19.4 Å². The number of benzene rings is 5. The summed E-state index contributed by atoms with van der Waals surface area (Å²) in [7, 11) is 0. The molecule has 0 N–H and O–H groups in total. The van der Waals surface area contributed by atoms with Crippen molar-refractivity contribution < 1.29 is 24.5 Å². The number of pyridine rings is 3. The van der Waals surface area contributed by atoms with Crippen molar-refractivity contribution in [2.75, 3.05) is 0 Å². The van der Waals surface area contributed by atoms with E-state index in [1.807, 2.05) is 48.8 Å². The summed E-state index contributed by atoms with van der Waals surface area (Å²) in [4.78, 5) is 19.4. The predicted molar refractivity (Wildman–Crippen MR) is 277 cm³/mol. The zero-order valence-corrected chi connectivity index (χ0v) is 44.6. The van der Waals surface area contributed by atoms with Crippen LogP contribution in [-0.2, 0) is 25.5 Å². The average molecular weight is 1120 g/mol. The normalized spacial score (nSPS) is 11.9. The second kappa shape index (κ2) is 19.3. The van der Waals surface area contributed by atoms with E-state index in [0.29, 0.717) is 11.6 Å². The third-order valence-corrected chi connectivity index (χ3v) is 16.5. The summed E-state index contributed by atoms with van der Waals surface area (Å²) in [5.41, 5.74) is 15.5. The number of hydrogen-bond acceptors (Lipinski definition) is 5. The van der Waals surface area contributed by atoms with Gasteiger partial charge in [-0.25, -0.2) is 4.98 Å². The first kappa shape index (κ1) is 47.5. The minimum absolute atomic E-state index is 0. The molecule has 0 amide bonds. The molecule has 0 fully saturated rings. The van der Waals surface area contributed by atoms with Crippen molar-refractivity contribution in [3.63, 3.8) is 0 Å². The molecule has 0 spiro atoms. The molecule has 0 saturated heterocycles. The van der Waals surface area contributed by atoms with Crippen molar-refractivity contribution in [2.24, 2.45) is 0 Å². The van der Waals surface area contributed by atoms with Crippen molar-refractivity contribution in [3.05, 3.63) is 181 Å². The second-order valence-corrected chi connectivity index (χ2v) is 30.4. The van der Waals surface area contributed by atoms with Crippen molar-refractivity contribution in [2.45, 2.75) is 83.0 Å². The topological polar surface area (TPSA) is 69.6 Å². The number of fused-ring (bicyclic) bond motifs is 4. The molecule has 10 rings (SSSR count). The quantitative estimate of drug-likeness (QED) is 0.112. The summed E-state index contributed by atoms with van der Waals surface area (Å²) in [6.45, 7) is 15.3. The van der Waals surface area contributed by atoms with E-state index >= 15 is 0 Å². The van der Waals surface area contributed by atoms with Gasteiger partial charge in [0.2, 0.25) is 5.71 Å². The molecule has 67 heavy (non-hydrogen) atoms. The summed E-state index contributed by atoms with van der Waals surface area (Å²) in [5.74, 6) is 8.87. The minimum atomic E-state index is -2.03. The maximum absolute atomic E-state index is 6.50. The van der Waals surface area contributed by atoms with Crippen LogP contribution < -0.4 is 4.40 Å². The molecule has 0 aliphatic rings. The summed E-state index contributed by atoms with van der Waals surface area (Å²) in [6.07, 6.45) is 5.91. The van der Waals surface area contributed by atoms with E-state index < -0.39 is 13.3 Å². The Morgan fingerprint density at radius 1 is 0.657 bits per heavy atom. The number of furan rings is 1. The number of rotatable bonds is 8. The van der Waals surface area contributed by atoms with Gasteiger partial charge in [0.05, 0.1) is 28.6 Å². The van der Waals surface area contributed by atoms with Gasteiger partial charge >= 0.3 is 154 Å². The molecule has 1 radical (unpaired) electrons. The summed E-state index contributed by atoms with van der Waals surface area (Å²) in [6, 6.07) is 53.4. The van der Waals surface area contributed by atoms with Crippen LogP contribution in [0, 0.1) is 12.1 Å². The smallest absolute Gasteiger partial charge is 0.216 e. The Morgan fingerprint density at radius 2 is 1.36 bits per heavy atom. The van der Waals surface area contributed by atoms with Crippen LogP contribution in [0.3, 0.4) is 0 Å². The van der Waals surface area contributed by atoms with E-state index in [1.54, 1.807) is 0 Å². The Morgan fingerprint density at radius 3 is 2.01 bits per heavy atom. The fraction of sp³-hybridized carbons (Fsp3) is 0.220. The standard InChI is InChI=1S/C36H31N4O.C23H26GeN.Ir/c1-22(2)29-20-37-21-30-32(29)40(25-16-14-24(15-17-25)23-10-7-6-8-11-23)34(38-30)28-13-9-12-26-27-18-19-31(36(3,4)5)39-35(27)41-33(26)28;1-17(2)18-11-13-19(14-12-18)21-15-23(20-9-7-6-8-10-20)25-16-22(21)24(3,4)5;/h6-12,14-22H,1-5H3;6-9,11-17H,1-5H3;/q2*-1;. The zero-order valence-electron chi connectivity index (χ0n) is 40.1. The molecule has 6 nitrogen and oxygen atoms in total. The Kier molecular flexibility index (Phi) is 13.7. The summed E-state index contributed by atoms with van der Waals surface area (Å²) in [5, 5.41) is 1.99. The Hall–Kier alpha value is -5.99. The molecule has 0 unspecified atom stereocenters. The van der Waals surface area contributed by atoms with Crippen molar-refractivity contribution in [1.82, 2.24) is 24.5 Å². The van der Waals surface area contributed by atoms with Crippen LogP contribution in [0.4, 0.5) is 0 Å². The SMILES string of the molecule is CC(C)c1ccc(-c2cc(-c3[c-]cccc3)nc[c]2[Ge]([CH3])([CH3])[CH3])cc1.CC(C)c1cncc2nc(-c3[c-]ccc4c3oc3nc(C(C)(C)C)ccc34)n(-c3ccc(-c4ccccc4)cc3)c12.[Ir]. The fourth-order valence-corrected chi connectivity index (χ4v) is 11.7. The van der Waals surface area contributed by atoms with Crippen LogP contribution in [0.1, 0.15) is 77.1 Å². The maximum atomic E-state index is 6.50. The molecular weight excluding hydrogens is 1060 g/mol. The Labute approximate surface area is 411 Å². The van der Waals surface area contributed by atoms with Crippen molar-refractivity contribution in [3.8, 4) is 50.6 Å². The second-order valence-electron chi connectivity index (χ2n) is 19.8. The van der Waals surface area contributed by atoms with Gasteiger partial charge in [0.1, 0.15) is 0 Å². The minimum Gasteiger partial charge on any atom is -0.486 e. The monoisotopic (exact) mass is 1120 g/mol. The van der Waals surface area contributed by atoms with Crippen LogP contribution >= 0.6 is 0 Å². The third-order valence-electron chi connectivity index (χ3n) is 12.3. The average Bonchev–Trinajstić information content (AvgIpc) is 3.90. The van der Waals surface area contributed by atoms with E-state index in [1.165, 1.54) is 26.6 Å². The molecule has 0 aliphatic heterocycles. The number of nitrogens with zero attached hydrogens (tertiary/aromatic N) is 5. The molecule has 0 aliphatic carbocycles. The summed E-state index contributed by atoms with van der Waals surface area (Å²) < 4.78 is 10.2. The molecule has 5 aromatic carbocycles. The van der Waals surface area contributed by atoms with Gasteiger partial charge in [0.15, 0.2) is 0 Å². The van der Waals surface area contributed by atoms with Crippen LogP contribution in [0.15, 0.2) is 156 Å². The van der Waals surface area contributed by atoms with Crippen LogP contribution in [-0.4, -0.2) is 37.8 Å². The van der Waals surface area contributed by atoms with Gasteiger partial charge in [-0.1, -0.05) is 88.0 Å². The molecule has 10 aromatic rings. The molecule has 8 heteroatoms. The Bertz CT molecular complexity index is 3310. The van der Waals surface area contributed by atoms with Crippen LogP contribution in [0.25, 0.3) is 83.7 Å². The molecule has 5 aromatic heterocycles. The zero-order chi connectivity index (χ0) is 46.3. The molecule has 339 valence electrons. The summed E-state index contributed by atoms with van der Waals surface area (Å²) >= 11 is -2.03. The van der Waals surface area contributed by atoms with Crippen molar-refractivity contribution >= 4 is 50.8 Å². The molecule has 0 saturated carbocycles. The van der Waals surface area contributed by atoms with Crippen LogP contribution in [0.2, 0.25) is 17.3 Å². The number of aromatic nitrogens is 5. The number of hydrogen-bond donors (Lipinski definition) is 0. The molecule has 0 atom stereocenters. The molecule has 5 heterocycles. The first-order valence-corrected chi connectivity index (χ1v) is 30.3. The van der Waals surface area contributed by atoms with Gasteiger partial charge in [0, 0.05) is 48.5 Å². The first-order valence-electron chi connectivity index (χ1n) is 23.0. The van der Waals surface area contributed by atoms with E-state index in [2.05, 4.69) is 191 Å². The maximum Gasteiger partial charge on any atom is 0.216 e. The molecule has 0 bridgehead atoms. The van der Waals surface area contributed by atoms with E-state index in [0.717, 1.165) is 72.5 Å². The van der Waals surface area contributed by atoms with Gasteiger partial charge in [-0.05, 0) is 46.9 Å². The van der Waals surface area contributed by atoms with Crippen molar-refractivity contribution in [1.29, 1.82) is 0 Å². The number of imidazole rings is 1. The van der Waals surface area contributed by atoms with Crippen LogP contribution in [0.5, 0.6) is 0 Å². The van der Waals surface area contributed by atoms with E-state index in [9.17, 15) is 0 Å². The predicted octanol–water partition coefficient (Wildman–Crippen LogP) is 15.2. The third kappa shape index (κ3) is 9.74. The van der Waals surface area contributed by atoms with Gasteiger partial charge < -0.3 is 8.98 Å². The van der Waals surface area contributed by atoms with E-state index in [-0.39, 0.29) is 31.4 Å².